The van der Waals surface area contributed by atoms with E-state index in [9.17, 15) is 13.2 Å². The van der Waals surface area contributed by atoms with Crippen LogP contribution in [0.25, 0.3) is 0 Å². The summed E-state index contributed by atoms with van der Waals surface area (Å²) in [7, 11) is -3.71. The lowest BCUT2D eigenvalue weighted by atomic mass is 10.2. The van der Waals surface area contributed by atoms with Gasteiger partial charge in [0.15, 0.2) is 6.61 Å². The first-order valence-corrected chi connectivity index (χ1v) is 10.6. The molecule has 0 aliphatic carbocycles. The Kier molecular flexibility index (Phi) is 6.34. The van der Waals surface area contributed by atoms with E-state index >= 15 is 0 Å². The summed E-state index contributed by atoms with van der Waals surface area (Å²) < 4.78 is 32.3. The molecule has 7 nitrogen and oxygen atoms in total. The van der Waals surface area contributed by atoms with Crippen molar-refractivity contribution in [1.29, 1.82) is 0 Å². The van der Waals surface area contributed by atoms with Gasteiger partial charge < -0.3 is 14.7 Å². The second-order valence-electron chi connectivity index (χ2n) is 6.15. The number of rotatable bonds is 6. The molecule has 1 N–H and O–H groups in total. The molecule has 0 radical (unpaired) electrons. The molecule has 1 heterocycles. The summed E-state index contributed by atoms with van der Waals surface area (Å²) in [4.78, 5) is 12.7. The van der Waals surface area contributed by atoms with Gasteiger partial charge in [0.25, 0.3) is 0 Å². The average molecular weight is 445 g/mol. The van der Waals surface area contributed by atoms with Crippen LogP contribution in [0.1, 0.15) is 0 Å². The van der Waals surface area contributed by atoms with E-state index in [-0.39, 0.29) is 10.6 Å². The minimum absolute atomic E-state index is 0.0679. The average Bonchev–Trinajstić information content (AvgIpc) is 2.69. The number of hydrogen-bond donors (Lipinski definition) is 1. The van der Waals surface area contributed by atoms with Gasteiger partial charge in [-0.3, -0.25) is 0 Å². The van der Waals surface area contributed by atoms with Gasteiger partial charge >= 0.3 is 5.97 Å². The van der Waals surface area contributed by atoms with Crippen LogP contribution in [0.5, 0.6) is 5.75 Å². The Morgan fingerprint density at radius 2 is 1.75 bits per heavy atom. The fourth-order valence-electron chi connectivity index (χ4n) is 2.89. The van der Waals surface area contributed by atoms with E-state index in [2.05, 4.69) is 0 Å². The molecule has 150 valence electrons. The van der Waals surface area contributed by atoms with Gasteiger partial charge in [0.2, 0.25) is 10.0 Å². The van der Waals surface area contributed by atoms with Crippen LogP contribution < -0.4 is 9.64 Å². The minimum atomic E-state index is -3.71. The van der Waals surface area contributed by atoms with Crippen LogP contribution >= 0.6 is 23.2 Å². The van der Waals surface area contributed by atoms with Crippen molar-refractivity contribution in [2.75, 3.05) is 37.7 Å². The Hall–Kier alpha value is -2.00. The highest BCUT2D eigenvalue weighted by atomic mass is 35.5. The number of carboxylic acids is 1. The molecule has 0 atom stereocenters. The van der Waals surface area contributed by atoms with Crippen LogP contribution in [0.2, 0.25) is 10.0 Å². The molecule has 0 unspecified atom stereocenters. The Bertz CT molecular complexity index is 976. The highest BCUT2D eigenvalue weighted by Gasteiger charge is 2.29. The van der Waals surface area contributed by atoms with Crippen molar-refractivity contribution in [2.45, 2.75) is 4.90 Å². The van der Waals surface area contributed by atoms with E-state index in [4.69, 9.17) is 33.0 Å². The Balaban J connectivity index is 1.70. The number of piperazine rings is 1. The number of hydrogen-bond acceptors (Lipinski definition) is 5. The first kappa shape index (κ1) is 20.7. The van der Waals surface area contributed by atoms with E-state index in [0.717, 1.165) is 5.69 Å². The number of sulfonamides is 1. The van der Waals surface area contributed by atoms with Gasteiger partial charge in [-0.15, -0.1) is 0 Å². The molecule has 0 saturated carbocycles. The molecule has 1 aliphatic heterocycles. The standard InChI is InChI=1S/C18H18Cl2N2O5S/c19-16-5-4-13(10-17(16)20)21-6-8-22(9-7-21)28(25,26)15-3-1-2-14(11-15)27-12-18(23)24/h1-5,10-11H,6-9,12H2,(H,23,24). The van der Waals surface area contributed by atoms with Gasteiger partial charge in [0.05, 0.1) is 14.9 Å². The molecule has 3 rings (SSSR count). The minimum Gasteiger partial charge on any atom is -0.482 e. The molecule has 1 fully saturated rings. The smallest absolute Gasteiger partial charge is 0.341 e. The SMILES string of the molecule is O=C(O)COc1cccc(S(=O)(=O)N2CCN(c3ccc(Cl)c(Cl)c3)CC2)c1. The quantitative estimate of drug-likeness (QED) is 0.736. The highest BCUT2D eigenvalue weighted by Crippen LogP contribution is 2.29. The molecular formula is C18H18Cl2N2O5S. The van der Waals surface area contributed by atoms with E-state index in [0.29, 0.717) is 36.2 Å². The lowest BCUT2D eigenvalue weighted by molar-refractivity contribution is -0.139. The third-order valence-corrected chi connectivity index (χ3v) is 6.95. The molecule has 0 bridgehead atoms. The van der Waals surface area contributed by atoms with Crippen LogP contribution in [0.3, 0.4) is 0 Å². The van der Waals surface area contributed by atoms with Crippen LogP contribution in [0, 0.1) is 0 Å². The fourth-order valence-corrected chi connectivity index (χ4v) is 4.64. The van der Waals surface area contributed by atoms with Crippen LogP contribution in [-0.4, -0.2) is 56.6 Å². The molecule has 0 spiro atoms. The van der Waals surface area contributed by atoms with Gasteiger partial charge in [-0.25, -0.2) is 13.2 Å². The number of benzene rings is 2. The molecular weight excluding hydrogens is 427 g/mol. The topological polar surface area (TPSA) is 87.1 Å². The van der Waals surface area contributed by atoms with Gasteiger partial charge in [0.1, 0.15) is 5.75 Å². The maximum Gasteiger partial charge on any atom is 0.341 e. The number of aliphatic carboxylic acids is 1. The van der Waals surface area contributed by atoms with Gasteiger partial charge in [-0.05, 0) is 30.3 Å². The zero-order valence-corrected chi connectivity index (χ0v) is 17.0. The Labute approximate surface area is 173 Å². The maximum absolute atomic E-state index is 12.9. The van der Waals surface area contributed by atoms with Crippen LogP contribution in [-0.2, 0) is 14.8 Å². The molecule has 10 heteroatoms. The van der Waals surface area contributed by atoms with Crippen LogP contribution in [0.15, 0.2) is 47.4 Å². The second-order valence-corrected chi connectivity index (χ2v) is 8.90. The second kappa shape index (κ2) is 8.57. The van der Waals surface area contributed by atoms with Gasteiger partial charge in [-0.1, -0.05) is 29.3 Å². The van der Waals surface area contributed by atoms with Crippen molar-refractivity contribution >= 4 is 44.9 Å². The van der Waals surface area contributed by atoms with Crippen LogP contribution in [0.4, 0.5) is 5.69 Å². The van der Waals surface area contributed by atoms with Gasteiger partial charge in [-0.2, -0.15) is 4.31 Å². The lowest BCUT2D eigenvalue weighted by Crippen LogP contribution is -2.48. The summed E-state index contributed by atoms with van der Waals surface area (Å²) in [5, 5.41) is 9.61. The van der Waals surface area contributed by atoms with Crippen molar-refractivity contribution in [1.82, 2.24) is 4.31 Å². The molecule has 2 aromatic carbocycles. The van der Waals surface area contributed by atoms with E-state index < -0.39 is 22.6 Å². The zero-order chi connectivity index (χ0) is 20.3. The zero-order valence-electron chi connectivity index (χ0n) is 14.7. The maximum atomic E-state index is 12.9. The highest BCUT2D eigenvalue weighted by molar-refractivity contribution is 7.89. The number of halogens is 2. The third kappa shape index (κ3) is 4.70. The van der Waals surface area contributed by atoms with Crippen molar-refractivity contribution in [3.05, 3.63) is 52.5 Å². The van der Waals surface area contributed by atoms with Crippen molar-refractivity contribution in [3.63, 3.8) is 0 Å². The molecule has 28 heavy (non-hydrogen) atoms. The van der Waals surface area contributed by atoms with E-state index in [1.54, 1.807) is 12.1 Å². The number of nitrogens with zero attached hydrogens (tertiary/aromatic N) is 2. The van der Waals surface area contributed by atoms with Gasteiger partial charge in [0, 0.05) is 37.9 Å². The van der Waals surface area contributed by atoms with Crippen molar-refractivity contribution < 1.29 is 23.1 Å². The fraction of sp³-hybridized carbons (Fsp3) is 0.278. The summed E-state index contributed by atoms with van der Waals surface area (Å²) >= 11 is 12.0. The lowest BCUT2D eigenvalue weighted by Gasteiger charge is -2.35. The normalized spacial score (nSPS) is 15.4. The summed E-state index contributed by atoms with van der Waals surface area (Å²) in [6.45, 7) is 1.09. The number of carbonyl (C=O) groups is 1. The number of ether oxygens (including phenoxy) is 1. The van der Waals surface area contributed by atoms with Crippen molar-refractivity contribution in [2.24, 2.45) is 0 Å². The molecule has 0 aromatic heterocycles. The molecule has 2 aromatic rings. The predicted octanol–water partition coefficient (Wildman–Crippen LogP) is 2.97. The largest absolute Gasteiger partial charge is 0.482 e. The number of anilines is 1. The Morgan fingerprint density at radius 3 is 2.39 bits per heavy atom. The summed E-state index contributed by atoms with van der Waals surface area (Å²) in [5.74, 6) is -0.940. The predicted molar refractivity (Wildman–Crippen MR) is 107 cm³/mol. The first-order valence-electron chi connectivity index (χ1n) is 8.42. The first-order chi connectivity index (χ1) is 13.3. The van der Waals surface area contributed by atoms with E-state index in [1.807, 2.05) is 11.0 Å². The number of carboxylic acid groups (broad SMARTS) is 1. The monoisotopic (exact) mass is 444 g/mol. The summed E-state index contributed by atoms with van der Waals surface area (Å²) in [6, 6.07) is 11.2. The third-order valence-electron chi connectivity index (χ3n) is 4.31. The Morgan fingerprint density at radius 1 is 1.04 bits per heavy atom. The summed E-state index contributed by atoms with van der Waals surface area (Å²) in [5.41, 5.74) is 0.885. The van der Waals surface area contributed by atoms with Crippen molar-refractivity contribution in [3.8, 4) is 5.75 Å². The molecule has 0 amide bonds. The van der Waals surface area contributed by atoms with E-state index in [1.165, 1.54) is 28.6 Å². The molecule has 1 aliphatic rings. The summed E-state index contributed by atoms with van der Waals surface area (Å²) in [6.07, 6.45) is 0. The molecule has 1 saturated heterocycles.